The highest BCUT2D eigenvalue weighted by Gasteiger charge is 2.03. The Hall–Kier alpha value is -2.13. The second-order valence-corrected chi connectivity index (χ2v) is 4.95. The Bertz CT molecular complexity index is 648. The Morgan fingerprint density at radius 3 is 2.70 bits per heavy atom. The fourth-order valence-corrected chi connectivity index (χ4v) is 1.93. The standard InChI is InChI=1S/C16H15ClN2O/c1-11-3-7-15(14(17)9-11)19-16(20)8-6-13-5-4-12(2)18-10-13/h3-10H,1-2H3,(H,19,20). The first-order valence-corrected chi connectivity index (χ1v) is 6.60. The summed E-state index contributed by atoms with van der Waals surface area (Å²) in [6, 6.07) is 9.30. The lowest BCUT2D eigenvalue weighted by atomic mass is 10.2. The lowest BCUT2D eigenvalue weighted by molar-refractivity contribution is -0.111. The van der Waals surface area contributed by atoms with E-state index >= 15 is 0 Å². The molecule has 0 bridgehead atoms. The van der Waals surface area contributed by atoms with E-state index in [1.807, 2.05) is 38.1 Å². The van der Waals surface area contributed by atoms with Crippen molar-refractivity contribution >= 4 is 29.3 Å². The van der Waals surface area contributed by atoms with E-state index in [9.17, 15) is 4.79 Å². The molecule has 0 aliphatic carbocycles. The molecule has 1 aromatic heterocycles. The van der Waals surface area contributed by atoms with Crippen LogP contribution >= 0.6 is 11.6 Å². The quantitative estimate of drug-likeness (QED) is 0.867. The minimum Gasteiger partial charge on any atom is -0.321 e. The summed E-state index contributed by atoms with van der Waals surface area (Å²) in [7, 11) is 0. The number of rotatable bonds is 3. The van der Waals surface area contributed by atoms with Crippen LogP contribution in [0.5, 0.6) is 0 Å². The van der Waals surface area contributed by atoms with Gasteiger partial charge in [0.1, 0.15) is 0 Å². The molecule has 1 amide bonds. The molecule has 0 aliphatic heterocycles. The van der Waals surface area contributed by atoms with Crippen molar-refractivity contribution in [2.24, 2.45) is 0 Å². The Morgan fingerprint density at radius 2 is 2.05 bits per heavy atom. The molecule has 2 rings (SSSR count). The largest absolute Gasteiger partial charge is 0.321 e. The van der Waals surface area contributed by atoms with E-state index in [1.165, 1.54) is 6.08 Å². The van der Waals surface area contributed by atoms with E-state index in [-0.39, 0.29) is 5.91 Å². The smallest absolute Gasteiger partial charge is 0.248 e. The van der Waals surface area contributed by atoms with E-state index in [0.29, 0.717) is 10.7 Å². The van der Waals surface area contributed by atoms with Gasteiger partial charge in [-0.05, 0) is 49.2 Å². The van der Waals surface area contributed by atoms with E-state index < -0.39 is 0 Å². The Balaban J connectivity index is 2.03. The van der Waals surface area contributed by atoms with Crippen LogP contribution in [0.4, 0.5) is 5.69 Å². The van der Waals surface area contributed by atoms with Crippen molar-refractivity contribution in [3.8, 4) is 0 Å². The van der Waals surface area contributed by atoms with Crippen molar-refractivity contribution in [1.82, 2.24) is 4.98 Å². The predicted octanol–water partition coefficient (Wildman–Crippen LogP) is 4.00. The molecule has 0 fully saturated rings. The van der Waals surface area contributed by atoms with Gasteiger partial charge in [-0.2, -0.15) is 0 Å². The number of aromatic nitrogens is 1. The summed E-state index contributed by atoms with van der Waals surface area (Å²) < 4.78 is 0. The molecular weight excluding hydrogens is 272 g/mol. The maximum absolute atomic E-state index is 11.8. The zero-order valence-electron chi connectivity index (χ0n) is 11.4. The highest BCUT2D eigenvalue weighted by atomic mass is 35.5. The maximum Gasteiger partial charge on any atom is 0.248 e. The average Bonchev–Trinajstić information content (AvgIpc) is 2.41. The van der Waals surface area contributed by atoms with Crippen LogP contribution in [0.15, 0.2) is 42.6 Å². The Labute approximate surface area is 123 Å². The maximum atomic E-state index is 11.8. The van der Waals surface area contributed by atoms with Crippen molar-refractivity contribution in [3.63, 3.8) is 0 Å². The first-order valence-electron chi connectivity index (χ1n) is 6.22. The van der Waals surface area contributed by atoms with Crippen LogP contribution in [0.25, 0.3) is 6.08 Å². The third kappa shape index (κ3) is 3.93. The summed E-state index contributed by atoms with van der Waals surface area (Å²) in [5.41, 5.74) is 3.47. The van der Waals surface area contributed by atoms with Gasteiger partial charge in [0.25, 0.3) is 0 Å². The fourth-order valence-electron chi connectivity index (χ4n) is 1.65. The molecular formula is C16H15ClN2O. The number of pyridine rings is 1. The van der Waals surface area contributed by atoms with Gasteiger partial charge in [0, 0.05) is 18.0 Å². The lowest BCUT2D eigenvalue weighted by Crippen LogP contribution is -2.08. The summed E-state index contributed by atoms with van der Waals surface area (Å²) in [6.45, 7) is 3.86. The second kappa shape index (κ2) is 6.35. The minimum atomic E-state index is -0.226. The van der Waals surface area contributed by atoms with Crippen LogP contribution < -0.4 is 5.32 Å². The van der Waals surface area contributed by atoms with Gasteiger partial charge in [-0.3, -0.25) is 9.78 Å². The van der Waals surface area contributed by atoms with Crippen LogP contribution in [-0.4, -0.2) is 10.9 Å². The van der Waals surface area contributed by atoms with Crippen molar-refractivity contribution in [1.29, 1.82) is 0 Å². The van der Waals surface area contributed by atoms with E-state index in [4.69, 9.17) is 11.6 Å². The molecule has 1 N–H and O–H groups in total. The van der Waals surface area contributed by atoms with Crippen molar-refractivity contribution in [3.05, 3.63) is 64.4 Å². The monoisotopic (exact) mass is 286 g/mol. The minimum absolute atomic E-state index is 0.226. The SMILES string of the molecule is Cc1ccc(NC(=O)C=Cc2ccc(C)nc2)c(Cl)c1. The predicted molar refractivity (Wildman–Crippen MR) is 82.8 cm³/mol. The molecule has 0 saturated heterocycles. The average molecular weight is 287 g/mol. The topological polar surface area (TPSA) is 42.0 Å². The summed E-state index contributed by atoms with van der Waals surface area (Å²) in [5.74, 6) is -0.226. The lowest BCUT2D eigenvalue weighted by Gasteiger charge is -2.05. The van der Waals surface area contributed by atoms with E-state index in [1.54, 1.807) is 18.3 Å². The van der Waals surface area contributed by atoms with Gasteiger partial charge in [-0.25, -0.2) is 0 Å². The Kier molecular flexibility index (Phi) is 4.53. The van der Waals surface area contributed by atoms with Gasteiger partial charge in [0.05, 0.1) is 10.7 Å². The molecule has 0 radical (unpaired) electrons. The molecule has 0 saturated carbocycles. The second-order valence-electron chi connectivity index (χ2n) is 4.54. The number of halogens is 1. The number of carbonyl (C=O) groups is 1. The van der Waals surface area contributed by atoms with Gasteiger partial charge in [-0.1, -0.05) is 23.7 Å². The fraction of sp³-hybridized carbons (Fsp3) is 0.125. The van der Waals surface area contributed by atoms with Gasteiger partial charge in [-0.15, -0.1) is 0 Å². The number of nitrogens with zero attached hydrogens (tertiary/aromatic N) is 1. The molecule has 3 nitrogen and oxygen atoms in total. The molecule has 102 valence electrons. The molecule has 4 heteroatoms. The molecule has 1 aromatic carbocycles. The van der Waals surface area contributed by atoms with Gasteiger partial charge in [0.2, 0.25) is 5.91 Å². The molecule has 0 unspecified atom stereocenters. The highest BCUT2D eigenvalue weighted by molar-refractivity contribution is 6.33. The third-order valence-corrected chi connectivity index (χ3v) is 3.06. The summed E-state index contributed by atoms with van der Waals surface area (Å²) in [5, 5.41) is 3.27. The van der Waals surface area contributed by atoms with E-state index in [0.717, 1.165) is 16.8 Å². The van der Waals surface area contributed by atoms with Crippen LogP contribution in [0.3, 0.4) is 0 Å². The van der Waals surface area contributed by atoms with Crippen LogP contribution in [0.1, 0.15) is 16.8 Å². The zero-order chi connectivity index (χ0) is 14.5. The molecule has 0 atom stereocenters. The number of amides is 1. The molecule has 0 spiro atoms. The Morgan fingerprint density at radius 1 is 1.25 bits per heavy atom. The van der Waals surface area contributed by atoms with E-state index in [2.05, 4.69) is 10.3 Å². The van der Waals surface area contributed by atoms with Gasteiger partial charge < -0.3 is 5.32 Å². The molecule has 1 heterocycles. The van der Waals surface area contributed by atoms with Crippen LogP contribution in [0.2, 0.25) is 5.02 Å². The van der Waals surface area contributed by atoms with Crippen molar-refractivity contribution in [2.75, 3.05) is 5.32 Å². The summed E-state index contributed by atoms with van der Waals surface area (Å²) >= 11 is 6.06. The van der Waals surface area contributed by atoms with Crippen molar-refractivity contribution < 1.29 is 4.79 Å². The summed E-state index contributed by atoms with van der Waals surface area (Å²) in [4.78, 5) is 16.0. The zero-order valence-corrected chi connectivity index (χ0v) is 12.1. The highest BCUT2D eigenvalue weighted by Crippen LogP contribution is 2.22. The van der Waals surface area contributed by atoms with Crippen LogP contribution in [0, 0.1) is 13.8 Å². The number of nitrogens with one attached hydrogen (secondary N) is 1. The normalized spacial score (nSPS) is 10.8. The van der Waals surface area contributed by atoms with Gasteiger partial charge in [0.15, 0.2) is 0 Å². The summed E-state index contributed by atoms with van der Waals surface area (Å²) in [6.07, 6.45) is 4.89. The molecule has 2 aromatic rings. The number of carbonyl (C=O) groups excluding carboxylic acids is 1. The van der Waals surface area contributed by atoms with Gasteiger partial charge >= 0.3 is 0 Å². The third-order valence-electron chi connectivity index (χ3n) is 2.74. The molecule has 0 aliphatic rings. The number of hydrogen-bond acceptors (Lipinski definition) is 2. The molecule has 20 heavy (non-hydrogen) atoms. The number of hydrogen-bond donors (Lipinski definition) is 1. The number of benzene rings is 1. The van der Waals surface area contributed by atoms with Crippen molar-refractivity contribution in [2.45, 2.75) is 13.8 Å². The number of aryl methyl sites for hydroxylation is 2. The number of anilines is 1. The first-order chi connectivity index (χ1) is 9.54. The van der Waals surface area contributed by atoms with Crippen LogP contribution in [-0.2, 0) is 4.79 Å². The first kappa shape index (κ1) is 14.3.